The lowest BCUT2D eigenvalue weighted by molar-refractivity contribution is -0.171. The molecule has 4 aromatic rings. The second-order valence-corrected chi connectivity index (χ2v) is 10.2. The first kappa shape index (κ1) is 28.4. The highest BCUT2D eigenvalue weighted by atomic mass is 16.7. The molecule has 4 aromatic carbocycles. The number of rotatable bonds is 9. The van der Waals surface area contributed by atoms with Gasteiger partial charge >= 0.3 is 18.0 Å². The fraction of sp³-hybridized carbons (Fsp3) is 0.147. The molecule has 0 unspecified atom stereocenters. The standard InChI is InChI=1S/C34H26N2O8/c37-30(44-36-31(38)26-16-8-9-17-27(26)32(36)39)18-29(33(40)42-19-21-10-2-1-3-11-21)35-34(41)43-20-28-24-14-6-4-12-22(24)23-13-5-7-15-25(23)28/h1-17,28-29H,18-20H2,(H,35,41)/t29-/m0/s1. The summed E-state index contributed by atoms with van der Waals surface area (Å²) in [6, 6.07) is 29.0. The highest BCUT2D eigenvalue weighted by molar-refractivity contribution is 6.20. The molecule has 0 radical (unpaired) electrons. The van der Waals surface area contributed by atoms with Crippen molar-refractivity contribution in [2.24, 2.45) is 0 Å². The van der Waals surface area contributed by atoms with Crippen LogP contribution in [0, 0.1) is 0 Å². The second-order valence-electron chi connectivity index (χ2n) is 10.2. The predicted molar refractivity (Wildman–Crippen MR) is 156 cm³/mol. The van der Waals surface area contributed by atoms with E-state index in [9.17, 15) is 24.0 Å². The van der Waals surface area contributed by atoms with Crippen molar-refractivity contribution >= 4 is 29.8 Å². The number of benzene rings is 4. The highest BCUT2D eigenvalue weighted by Gasteiger charge is 2.39. The van der Waals surface area contributed by atoms with E-state index in [2.05, 4.69) is 5.32 Å². The number of nitrogens with one attached hydrogen (secondary N) is 1. The summed E-state index contributed by atoms with van der Waals surface area (Å²) in [4.78, 5) is 69.3. The third-order valence-electron chi connectivity index (χ3n) is 7.46. The summed E-state index contributed by atoms with van der Waals surface area (Å²) in [6.07, 6.45) is -1.69. The minimum Gasteiger partial charge on any atom is -0.459 e. The number of amides is 3. The zero-order chi connectivity index (χ0) is 30.6. The van der Waals surface area contributed by atoms with E-state index >= 15 is 0 Å². The summed E-state index contributed by atoms with van der Waals surface area (Å²) in [5.41, 5.74) is 4.97. The molecule has 3 amide bonds. The van der Waals surface area contributed by atoms with Crippen LogP contribution in [0.5, 0.6) is 0 Å². The highest BCUT2D eigenvalue weighted by Crippen LogP contribution is 2.44. The van der Waals surface area contributed by atoms with E-state index in [1.165, 1.54) is 12.1 Å². The SMILES string of the molecule is O=C(C[C@H](NC(=O)OCC1c2ccccc2-c2ccccc21)C(=O)OCc1ccccc1)ON1C(=O)c2ccccc2C1=O. The molecule has 0 bridgehead atoms. The lowest BCUT2D eigenvalue weighted by atomic mass is 9.98. The number of fused-ring (bicyclic) bond motifs is 4. The maximum atomic E-state index is 13.1. The Balaban J connectivity index is 1.13. The normalized spacial score (nSPS) is 13.9. The van der Waals surface area contributed by atoms with Gasteiger partial charge in [0.05, 0.1) is 17.5 Å². The van der Waals surface area contributed by atoms with E-state index in [0.29, 0.717) is 10.6 Å². The predicted octanol–water partition coefficient (Wildman–Crippen LogP) is 4.78. The van der Waals surface area contributed by atoms with Crippen molar-refractivity contribution in [2.45, 2.75) is 25.0 Å². The largest absolute Gasteiger partial charge is 0.459 e. The Kier molecular flexibility index (Phi) is 7.88. The van der Waals surface area contributed by atoms with E-state index in [1.807, 2.05) is 54.6 Å². The van der Waals surface area contributed by atoms with Gasteiger partial charge in [-0.3, -0.25) is 9.59 Å². The fourth-order valence-electron chi connectivity index (χ4n) is 5.36. The summed E-state index contributed by atoms with van der Waals surface area (Å²) in [5, 5.41) is 2.74. The third-order valence-corrected chi connectivity index (χ3v) is 7.46. The van der Waals surface area contributed by atoms with Gasteiger partial charge in [0.2, 0.25) is 0 Å². The van der Waals surface area contributed by atoms with Crippen LogP contribution in [0.2, 0.25) is 0 Å². The van der Waals surface area contributed by atoms with Crippen molar-refractivity contribution in [2.75, 3.05) is 6.61 Å². The van der Waals surface area contributed by atoms with Crippen molar-refractivity contribution in [3.8, 4) is 11.1 Å². The number of carbonyl (C=O) groups excluding carboxylic acids is 5. The Morgan fingerprint density at radius 2 is 1.20 bits per heavy atom. The van der Waals surface area contributed by atoms with E-state index in [1.54, 1.807) is 36.4 Å². The Morgan fingerprint density at radius 3 is 1.80 bits per heavy atom. The summed E-state index contributed by atoms with van der Waals surface area (Å²) in [5.74, 6) is -3.89. The van der Waals surface area contributed by atoms with Gasteiger partial charge in [-0.2, -0.15) is 0 Å². The van der Waals surface area contributed by atoms with Gasteiger partial charge in [0.1, 0.15) is 19.3 Å². The molecular formula is C34H26N2O8. The number of hydroxylamine groups is 2. The molecule has 1 heterocycles. The molecule has 6 rings (SSSR count). The molecule has 2 aliphatic rings. The van der Waals surface area contributed by atoms with Gasteiger partial charge in [0, 0.05) is 5.92 Å². The number of imide groups is 1. The molecule has 0 saturated heterocycles. The molecule has 1 aliphatic heterocycles. The molecule has 0 aromatic heterocycles. The first-order valence-corrected chi connectivity index (χ1v) is 13.9. The minimum atomic E-state index is -1.53. The summed E-state index contributed by atoms with van der Waals surface area (Å²) < 4.78 is 10.9. The average Bonchev–Trinajstić information content (AvgIpc) is 3.50. The average molecular weight is 591 g/mol. The molecule has 1 N–H and O–H groups in total. The molecular weight excluding hydrogens is 564 g/mol. The van der Waals surface area contributed by atoms with E-state index in [0.717, 1.165) is 22.3 Å². The van der Waals surface area contributed by atoms with E-state index in [4.69, 9.17) is 14.3 Å². The van der Waals surface area contributed by atoms with Crippen LogP contribution in [-0.4, -0.2) is 47.6 Å². The summed E-state index contributed by atoms with van der Waals surface area (Å²) >= 11 is 0. The number of hydrogen-bond donors (Lipinski definition) is 1. The van der Waals surface area contributed by atoms with Gasteiger partial charge in [-0.25, -0.2) is 14.4 Å². The number of alkyl carbamates (subject to hydrolysis) is 1. The first-order chi connectivity index (χ1) is 21.4. The summed E-state index contributed by atoms with van der Waals surface area (Å²) in [7, 11) is 0. The van der Waals surface area contributed by atoms with Gasteiger partial charge < -0.3 is 19.6 Å². The number of hydrogen-bond acceptors (Lipinski definition) is 8. The second kappa shape index (κ2) is 12.2. The molecule has 0 spiro atoms. The number of carbonyl (C=O) groups is 5. The van der Waals surface area contributed by atoms with Gasteiger partial charge in [-0.05, 0) is 39.9 Å². The fourth-order valence-corrected chi connectivity index (χ4v) is 5.36. The van der Waals surface area contributed by atoms with Crippen LogP contribution in [0.1, 0.15) is 49.7 Å². The van der Waals surface area contributed by atoms with Crippen LogP contribution >= 0.6 is 0 Å². The topological polar surface area (TPSA) is 128 Å². The molecule has 10 heteroatoms. The Labute approximate surface area is 252 Å². The molecule has 220 valence electrons. The third kappa shape index (κ3) is 5.65. The lowest BCUT2D eigenvalue weighted by Crippen LogP contribution is -2.45. The summed E-state index contributed by atoms with van der Waals surface area (Å²) in [6.45, 7) is -0.138. The maximum Gasteiger partial charge on any atom is 0.407 e. The van der Waals surface area contributed by atoms with Crippen LogP contribution in [0.25, 0.3) is 11.1 Å². The number of nitrogens with zero attached hydrogens (tertiary/aromatic N) is 1. The smallest absolute Gasteiger partial charge is 0.407 e. The van der Waals surface area contributed by atoms with E-state index in [-0.39, 0.29) is 30.3 Å². The zero-order valence-electron chi connectivity index (χ0n) is 23.3. The van der Waals surface area contributed by atoms with Gasteiger partial charge in [0.25, 0.3) is 11.8 Å². The number of ether oxygens (including phenoxy) is 2. The minimum absolute atomic E-state index is 0.0227. The number of esters is 1. The van der Waals surface area contributed by atoms with Gasteiger partial charge in [0.15, 0.2) is 0 Å². The zero-order valence-corrected chi connectivity index (χ0v) is 23.3. The Morgan fingerprint density at radius 1 is 0.682 bits per heavy atom. The van der Waals surface area contributed by atoms with Crippen LogP contribution in [-0.2, 0) is 30.5 Å². The van der Waals surface area contributed by atoms with Crippen molar-refractivity contribution < 1.29 is 38.3 Å². The quantitative estimate of drug-likeness (QED) is 0.218. The molecule has 0 fully saturated rings. The van der Waals surface area contributed by atoms with Crippen LogP contribution in [0.4, 0.5) is 4.79 Å². The van der Waals surface area contributed by atoms with Gasteiger partial charge in [-0.15, -0.1) is 0 Å². The first-order valence-electron chi connectivity index (χ1n) is 13.9. The molecule has 44 heavy (non-hydrogen) atoms. The Hall–Kier alpha value is -5.77. The maximum absolute atomic E-state index is 13.1. The molecule has 1 atom stereocenters. The van der Waals surface area contributed by atoms with Gasteiger partial charge in [-0.1, -0.05) is 96.1 Å². The monoisotopic (exact) mass is 590 g/mol. The molecule has 0 saturated carbocycles. The van der Waals surface area contributed by atoms with Crippen molar-refractivity contribution in [1.29, 1.82) is 0 Å². The van der Waals surface area contributed by atoms with Crippen LogP contribution in [0.3, 0.4) is 0 Å². The van der Waals surface area contributed by atoms with Crippen LogP contribution in [0.15, 0.2) is 103 Å². The van der Waals surface area contributed by atoms with Crippen LogP contribution < -0.4 is 5.32 Å². The van der Waals surface area contributed by atoms with Crippen molar-refractivity contribution in [3.05, 3.63) is 131 Å². The Bertz CT molecular complexity index is 1690. The molecule has 10 nitrogen and oxygen atoms in total. The van der Waals surface area contributed by atoms with Crippen molar-refractivity contribution in [3.63, 3.8) is 0 Å². The molecule has 1 aliphatic carbocycles. The van der Waals surface area contributed by atoms with Crippen molar-refractivity contribution in [1.82, 2.24) is 10.4 Å². The van der Waals surface area contributed by atoms with E-state index < -0.39 is 42.3 Å². The lowest BCUT2D eigenvalue weighted by Gasteiger charge is -2.20.